The quantitative estimate of drug-likeness (QED) is 0.124. The Balaban J connectivity index is 0.00000147. The fraction of sp³-hybridized carbons (Fsp3) is 0.444. The molecule has 0 aliphatic carbocycles. The second kappa shape index (κ2) is 22.0. The fourth-order valence-corrected chi connectivity index (χ4v) is 3.93. The van der Waals surface area contributed by atoms with Gasteiger partial charge in [-0.2, -0.15) is 0 Å². The van der Waals surface area contributed by atoms with Crippen molar-refractivity contribution in [3.05, 3.63) is 100 Å². The molecule has 0 saturated heterocycles. The number of carbonyl (C=O) groups is 2. The van der Waals surface area contributed by atoms with E-state index in [1.807, 2.05) is 13.8 Å². The predicted octanol–water partition coefficient (Wildman–Crippen LogP) is 10.7. The zero-order valence-corrected chi connectivity index (χ0v) is 25.2. The summed E-state index contributed by atoms with van der Waals surface area (Å²) in [4.78, 5) is 21.2. The number of hydrogen-bond donors (Lipinski definition) is 0. The van der Waals surface area contributed by atoms with Crippen molar-refractivity contribution in [1.29, 1.82) is 0 Å². The highest BCUT2D eigenvalue weighted by Crippen LogP contribution is 2.24. The molecule has 0 radical (unpaired) electrons. The molecule has 1 aromatic carbocycles. The minimum Gasteiger partial charge on any atom is -0.303 e. The normalized spacial score (nSPS) is 12.8. The summed E-state index contributed by atoms with van der Waals surface area (Å²) in [6, 6.07) is 8.37. The fourth-order valence-electron chi connectivity index (χ4n) is 3.93. The maximum Gasteiger partial charge on any atom is 0.132 e. The van der Waals surface area contributed by atoms with Gasteiger partial charge in [0.1, 0.15) is 12.1 Å². The monoisotopic (exact) mass is 516 g/mol. The Hall–Kier alpha value is -3.00. The first kappa shape index (κ1) is 35.0. The molecule has 2 heteroatoms. The Bertz CT molecular complexity index is 1000. The second-order valence-corrected chi connectivity index (χ2v) is 9.85. The molecule has 0 N–H and O–H groups in total. The zero-order valence-electron chi connectivity index (χ0n) is 25.2. The summed E-state index contributed by atoms with van der Waals surface area (Å²) < 4.78 is 0. The number of allylic oxidation sites excluding steroid dienone is 10. The van der Waals surface area contributed by atoms with E-state index in [-0.39, 0.29) is 0 Å². The number of unbranched alkanes of at least 4 members (excludes halogenated alkanes) is 1. The molecule has 0 fully saturated rings. The number of Topliss-reactive ketones (excluding diaryl/α,β-unsaturated/α-hetero) is 1. The van der Waals surface area contributed by atoms with Gasteiger partial charge in [-0.15, -0.1) is 0 Å². The van der Waals surface area contributed by atoms with Crippen molar-refractivity contribution in [2.75, 3.05) is 0 Å². The Morgan fingerprint density at radius 3 is 2.08 bits per heavy atom. The first-order chi connectivity index (χ1) is 18.2. The number of rotatable bonds is 16. The highest BCUT2D eigenvalue weighted by molar-refractivity contribution is 5.78. The minimum absolute atomic E-state index is 0.412. The second-order valence-electron chi connectivity index (χ2n) is 9.85. The molecular weight excluding hydrogens is 464 g/mol. The van der Waals surface area contributed by atoms with Crippen LogP contribution in [0, 0.1) is 6.92 Å². The summed E-state index contributed by atoms with van der Waals surface area (Å²) in [5.41, 5.74) is 8.64. The van der Waals surface area contributed by atoms with Crippen LogP contribution in [0.25, 0.3) is 6.08 Å². The highest BCUT2D eigenvalue weighted by atomic mass is 16.1. The number of hydrogen-bond acceptors (Lipinski definition) is 2. The van der Waals surface area contributed by atoms with Crippen LogP contribution in [0.15, 0.2) is 89.1 Å². The molecule has 1 aromatic rings. The van der Waals surface area contributed by atoms with Crippen LogP contribution in [-0.2, 0) is 9.59 Å². The lowest BCUT2D eigenvalue weighted by Gasteiger charge is -2.11. The van der Waals surface area contributed by atoms with Crippen molar-refractivity contribution in [1.82, 2.24) is 0 Å². The zero-order chi connectivity index (χ0) is 28.8. The molecule has 0 spiro atoms. The van der Waals surface area contributed by atoms with Crippen molar-refractivity contribution in [2.45, 2.75) is 106 Å². The van der Waals surface area contributed by atoms with Crippen molar-refractivity contribution < 1.29 is 9.59 Å². The molecule has 0 aliphatic heterocycles. The van der Waals surface area contributed by atoms with Gasteiger partial charge < -0.3 is 4.79 Å². The van der Waals surface area contributed by atoms with E-state index >= 15 is 0 Å². The lowest BCUT2D eigenvalue weighted by atomic mass is 9.94. The van der Waals surface area contributed by atoms with Crippen LogP contribution in [-0.4, -0.2) is 12.1 Å². The van der Waals surface area contributed by atoms with Gasteiger partial charge in [0.05, 0.1) is 0 Å². The lowest BCUT2D eigenvalue weighted by Crippen LogP contribution is -1.93. The number of aldehydes is 1. The van der Waals surface area contributed by atoms with Crippen LogP contribution in [0.5, 0.6) is 0 Å². The topological polar surface area (TPSA) is 34.1 Å². The van der Waals surface area contributed by atoms with Gasteiger partial charge in [-0.05, 0) is 93.7 Å². The number of aryl methyl sites for hydroxylation is 1. The molecule has 0 aliphatic rings. The van der Waals surface area contributed by atoms with E-state index in [1.165, 1.54) is 33.4 Å². The molecule has 0 aromatic heterocycles. The summed E-state index contributed by atoms with van der Waals surface area (Å²) in [5, 5.41) is 0. The summed E-state index contributed by atoms with van der Waals surface area (Å²) in [6.45, 7) is 19.1. The maximum absolute atomic E-state index is 10.6. The summed E-state index contributed by atoms with van der Waals surface area (Å²) in [6.07, 6.45) is 22.1. The summed E-state index contributed by atoms with van der Waals surface area (Å²) in [5.74, 6) is 0.412. The van der Waals surface area contributed by atoms with E-state index in [1.54, 1.807) is 0 Å². The van der Waals surface area contributed by atoms with Crippen molar-refractivity contribution in [2.24, 2.45) is 0 Å². The lowest BCUT2D eigenvalue weighted by molar-refractivity contribution is -0.119. The average Bonchev–Trinajstić information content (AvgIpc) is 2.88. The van der Waals surface area contributed by atoms with Crippen molar-refractivity contribution in [3.8, 4) is 0 Å². The van der Waals surface area contributed by atoms with Crippen LogP contribution >= 0.6 is 0 Å². The first-order valence-electron chi connectivity index (χ1n) is 14.3. The molecule has 0 heterocycles. The van der Waals surface area contributed by atoms with E-state index in [4.69, 9.17) is 0 Å². The van der Waals surface area contributed by atoms with Gasteiger partial charge in [0.2, 0.25) is 0 Å². The number of benzene rings is 1. The van der Waals surface area contributed by atoms with Gasteiger partial charge >= 0.3 is 0 Å². The molecule has 0 amide bonds. The number of ketones is 1. The van der Waals surface area contributed by atoms with E-state index in [0.717, 1.165) is 63.2 Å². The highest BCUT2D eigenvalue weighted by Gasteiger charge is 2.05. The Morgan fingerprint density at radius 1 is 0.895 bits per heavy atom. The molecule has 2 nitrogen and oxygen atoms in total. The van der Waals surface area contributed by atoms with Crippen LogP contribution in [0.4, 0.5) is 0 Å². The van der Waals surface area contributed by atoms with Gasteiger partial charge in [-0.3, -0.25) is 4.79 Å². The largest absolute Gasteiger partial charge is 0.303 e. The van der Waals surface area contributed by atoms with E-state index in [2.05, 4.69) is 102 Å². The van der Waals surface area contributed by atoms with Gasteiger partial charge in [0, 0.05) is 19.3 Å². The maximum atomic E-state index is 10.6. The van der Waals surface area contributed by atoms with Crippen molar-refractivity contribution >= 4 is 18.1 Å². The molecule has 0 bridgehead atoms. The molecule has 0 saturated carbocycles. The predicted molar refractivity (Wildman–Crippen MR) is 168 cm³/mol. The molecular formula is C36H52O2. The van der Waals surface area contributed by atoms with Crippen LogP contribution < -0.4 is 0 Å². The molecule has 0 atom stereocenters. The van der Waals surface area contributed by atoms with Crippen LogP contribution in [0.3, 0.4) is 0 Å². The van der Waals surface area contributed by atoms with E-state index < -0.39 is 0 Å². The number of carbonyl (C=O) groups excluding carboxylic acids is 2. The Kier molecular flexibility index (Phi) is 20.3. The standard InChI is InChI=1S/C29H38O.C7H14O/c1-7-13-28(21-23(3)18-19-27-17-10-9-16-25(27)5)29(14-8-2)22-26(6)24(4)15-11-12-20-30;1-3-5-7(8)6-4-2/h7,9-10,13,16-22H,3,8,11-12,14-15H2,1-2,4-6H3;3-6H2,1-2H3/b13-7-,19-18+,26-24+,28-21+,29-22+;. The average molecular weight is 517 g/mol. The molecule has 208 valence electrons. The third-order valence-corrected chi connectivity index (χ3v) is 6.24. The Labute approximate surface area is 234 Å². The molecule has 38 heavy (non-hydrogen) atoms. The van der Waals surface area contributed by atoms with E-state index in [9.17, 15) is 9.59 Å². The summed E-state index contributed by atoms with van der Waals surface area (Å²) >= 11 is 0. The minimum atomic E-state index is 0.412. The van der Waals surface area contributed by atoms with Gasteiger partial charge in [0.25, 0.3) is 0 Å². The summed E-state index contributed by atoms with van der Waals surface area (Å²) in [7, 11) is 0. The van der Waals surface area contributed by atoms with Crippen molar-refractivity contribution in [3.63, 3.8) is 0 Å². The van der Waals surface area contributed by atoms with Crippen LogP contribution in [0.1, 0.15) is 110 Å². The van der Waals surface area contributed by atoms with Crippen LogP contribution in [0.2, 0.25) is 0 Å². The first-order valence-corrected chi connectivity index (χ1v) is 14.3. The third kappa shape index (κ3) is 16.0. The van der Waals surface area contributed by atoms with Gasteiger partial charge in [-0.25, -0.2) is 0 Å². The van der Waals surface area contributed by atoms with Gasteiger partial charge in [0.15, 0.2) is 0 Å². The SMILES string of the molecule is C=C(/C=C/c1ccccc1C)/C=C(\C=C/C)C(=C/C(C)=C(\C)CCCC=O)/CCC.CCCC(=O)CCC. The molecule has 1 rings (SSSR count). The Morgan fingerprint density at radius 2 is 1.53 bits per heavy atom. The third-order valence-electron chi connectivity index (χ3n) is 6.24. The van der Waals surface area contributed by atoms with Gasteiger partial charge in [-0.1, -0.05) is 99.6 Å². The smallest absolute Gasteiger partial charge is 0.132 e. The van der Waals surface area contributed by atoms with E-state index in [0.29, 0.717) is 12.2 Å². The molecule has 0 unspecified atom stereocenters.